The van der Waals surface area contributed by atoms with Crippen molar-refractivity contribution in [2.45, 2.75) is 124 Å². The van der Waals surface area contributed by atoms with Crippen molar-refractivity contribution in [3.63, 3.8) is 0 Å². The van der Waals surface area contributed by atoms with Gasteiger partial charge in [0.05, 0.1) is 0 Å². The maximum Gasteiger partial charge on any atom is 0.252 e. The number of hydrogen-bond donors (Lipinski definition) is 0. The fourth-order valence-electron chi connectivity index (χ4n) is 11.4. The Balaban J connectivity index is 1.25. The standard InChI is InChI=1S/C70H71BN2S/c1-67(2,3)50-31-37-54(38-32-50)72-62-41-35-52(69(7,8)9)46-60(62)71-61-47-53(70(10,11)12)36-42-63(61)73(55-39-33-51(34-40-55)68(4,5)6)65-45-49(44-64(72)66(65)71)48-23-22-30-59(43-48)74(56-24-16-13-17-25-56,57-26-18-14-19-27-57)58-28-20-15-21-29-58/h13-47H,1-12H3. The molecular formula is C70H71BN2S. The summed E-state index contributed by atoms with van der Waals surface area (Å²) in [6.07, 6.45) is 0. The zero-order valence-electron chi connectivity index (χ0n) is 45.6. The van der Waals surface area contributed by atoms with Gasteiger partial charge in [0.1, 0.15) is 0 Å². The summed E-state index contributed by atoms with van der Waals surface area (Å²) in [5.41, 5.74) is 18.8. The maximum atomic E-state index is 2.59. The van der Waals surface area contributed by atoms with E-state index in [9.17, 15) is 0 Å². The maximum absolute atomic E-state index is 2.59. The third-order valence-electron chi connectivity index (χ3n) is 15.6. The average Bonchev–Trinajstić information content (AvgIpc) is 3.42. The first-order valence-electron chi connectivity index (χ1n) is 26.6. The molecule has 0 radical (unpaired) electrons. The highest BCUT2D eigenvalue weighted by atomic mass is 32.3. The van der Waals surface area contributed by atoms with Crippen LogP contribution >= 0.6 is 10.0 Å². The Morgan fingerprint density at radius 1 is 0.297 bits per heavy atom. The smallest absolute Gasteiger partial charge is 0.252 e. The van der Waals surface area contributed by atoms with Crippen molar-refractivity contribution in [1.82, 2.24) is 0 Å². The minimum atomic E-state index is -1.95. The summed E-state index contributed by atoms with van der Waals surface area (Å²) in [7, 11) is -1.95. The highest BCUT2D eigenvalue weighted by Crippen LogP contribution is 2.73. The summed E-state index contributed by atoms with van der Waals surface area (Å²) < 4.78 is 0. The molecule has 0 aromatic heterocycles. The van der Waals surface area contributed by atoms with E-state index < -0.39 is 10.0 Å². The zero-order valence-corrected chi connectivity index (χ0v) is 46.4. The lowest BCUT2D eigenvalue weighted by Gasteiger charge is -2.45. The lowest BCUT2D eigenvalue weighted by atomic mass is 9.33. The van der Waals surface area contributed by atoms with Crippen LogP contribution in [0, 0.1) is 0 Å². The van der Waals surface area contributed by atoms with Crippen LogP contribution in [0.1, 0.15) is 105 Å². The normalized spacial score (nSPS) is 13.8. The van der Waals surface area contributed by atoms with Crippen LogP contribution in [0.25, 0.3) is 11.1 Å². The minimum Gasteiger partial charge on any atom is -0.311 e. The fourth-order valence-corrected chi connectivity index (χ4v) is 15.4. The predicted molar refractivity (Wildman–Crippen MR) is 321 cm³/mol. The second kappa shape index (κ2) is 18.1. The summed E-state index contributed by atoms with van der Waals surface area (Å²) in [4.78, 5) is 10.4. The summed E-state index contributed by atoms with van der Waals surface area (Å²) in [6.45, 7) is 27.9. The summed E-state index contributed by atoms with van der Waals surface area (Å²) in [5.74, 6) is 0. The Morgan fingerprint density at radius 3 is 1.01 bits per heavy atom. The summed E-state index contributed by atoms with van der Waals surface area (Å²) in [5, 5.41) is 0. The number of benzene rings is 9. The monoisotopic (exact) mass is 983 g/mol. The molecule has 2 aliphatic heterocycles. The molecule has 2 heterocycles. The number of anilines is 6. The first-order valence-corrected chi connectivity index (χ1v) is 28.2. The first kappa shape index (κ1) is 49.2. The molecule has 74 heavy (non-hydrogen) atoms. The van der Waals surface area contributed by atoms with Crippen LogP contribution < -0.4 is 26.2 Å². The van der Waals surface area contributed by atoms with Crippen LogP contribution in [0.4, 0.5) is 34.1 Å². The fraction of sp³-hybridized carbons (Fsp3) is 0.229. The second-order valence-electron chi connectivity index (χ2n) is 24.8. The van der Waals surface area contributed by atoms with Crippen molar-refractivity contribution < 1.29 is 0 Å². The Kier molecular flexibility index (Phi) is 12.1. The van der Waals surface area contributed by atoms with E-state index in [-0.39, 0.29) is 28.4 Å². The van der Waals surface area contributed by atoms with Gasteiger partial charge in [-0.25, -0.2) is 0 Å². The van der Waals surface area contributed by atoms with E-state index in [0.29, 0.717) is 0 Å². The highest BCUT2D eigenvalue weighted by Gasteiger charge is 2.45. The van der Waals surface area contributed by atoms with Gasteiger partial charge in [-0.2, -0.15) is 0 Å². The van der Waals surface area contributed by atoms with Crippen LogP contribution in [0.15, 0.2) is 232 Å². The second-order valence-corrected chi connectivity index (χ2v) is 27.9. The Bertz CT molecular complexity index is 3270. The Hall–Kier alpha value is -7.01. The number of hydrogen-bond acceptors (Lipinski definition) is 2. The van der Waals surface area contributed by atoms with Crippen molar-refractivity contribution >= 4 is 67.3 Å². The highest BCUT2D eigenvalue weighted by molar-refractivity contribution is 8.34. The van der Waals surface area contributed by atoms with Gasteiger partial charge in [0, 0.05) is 53.7 Å². The van der Waals surface area contributed by atoms with E-state index in [2.05, 4.69) is 305 Å². The van der Waals surface area contributed by atoms with Gasteiger partial charge in [0.2, 0.25) is 0 Å². The molecule has 0 saturated carbocycles. The topological polar surface area (TPSA) is 6.48 Å². The molecule has 2 aliphatic rings. The van der Waals surface area contributed by atoms with E-state index >= 15 is 0 Å². The Morgan fingerprint density at radius 2 is 0.649 bits per heavy atom. The van der Waals surface area contributed by atoms with Crippen molar-refractivity contribution in [3.05, 3.63) is 235 Å². The molecule has 9 aromatic carbocycles. The molecule has 0 spiro atoms. The molecule has 0 bridgehead atoms. The molecular weight excluding hydrogens is 912 g/mol. The van der Waals surface area contributed by atoms with E-state index in [0.717, 1.165) is 11.4 Å². The lowest BCUT2D eigenvalue weighted by molar-refractivity contribution is 0.590. The third kappa shape index (κ3) is 8.50. The molecule has 2 nitrogen and oxygen atoms in total. The van der Waals surface area contributed by atoms with Crippen molar-refractivity contribution in [3.8, 4) is 11.1 Å². The number of rotatable bonds is 7. The van der Waals surface area contributed by atoms with Crippen LogP contribution in [0.2, 0.25) is 0 Å². The van der Waals surface area contributed by atoms with Gasteiger partial charge < -0.3 is 9.80 Å². The van der Waals surface area contributed by atoms with E-state index in [1.807, 2.05) is 0 Å². The van der Waals surface area contributed by atoms with Crippen LogP contribution in [-0.4, -0.2) is 6.71 Å². The molecule has 0 fully saturated rings. The van der Waals surface area contributed by atoms with Crippen molar-refractivity contribution in [2.75, 3.05) is 9.80 Å². The predicted octanol–water partition coefficient (Wildman–Crippen LogP) is 18.0. The third-order valence-corrected chi connectivity index (χ3v) is 19.5. The molecule has 370 valence electrons. The zero-order chi connectivity index (χ0) is 52.0. The van der Waals surface area contributed by atoms with Gasteiger partial charge in [0.25, 0.3) is 6.71 Å². The molecule has 0 aliphatic carbocycles. The summed E-state index contributed by atoms with van der Waals surface area (Å²) in [6, 6.07) is 81.7. The summed E-state index contributed by atoms with van der Waals surface area (Å²) >= 11 is 0. The quantitative estimate of drug-likeness (QED) is 0.147. The molecule has 0 amide bonds. The van der Waals surface area contributed by atoms with Crippen LogP contribution in [0.3, 0.4) is 0 Å². The average molecular weight is 983 g/mol. The van der Waals surface area contributed by atoms with E-state index in [1.165, 1.54) is 92.1 Å². The Labute approximate surface area is 444 Å². The van der Waals surface area contributed by atoms with Crippen molar-refractivity contribution in [2.24, 2.45) is 0 Å². The SMILES string of the molecule is CC(C)(C)c1ccc(N2c3ccc(C(C)(C)C)cc3B3c4cc(C(C)(C)C)ccc4N(c4ccc(C(C)(C)C)cc4)c4cc(-c5cccc(S(c6ccccc6)(c6ccccc6)c6ccccc6)c5)cc2c43)cc1. The first-order chi connectivity index (χ1) is 35.2. The van der Waals surface area contributed by atoms with Gasteiger partial charge >= 0.3 is 0 Å². The largest absolute Gasteiger partial charge is 0.311 e. The molecule has 0 saturated heterocycles. The van der Waals surface area contributed by atoms with E-state index in [1.54, 1.807) is 0 Å². The molecule has 9 aromatic rings. The molecule has 0 N–H and O–H groups in total. The van der Waals surface area contributed by atoms with Gasteiger partial charge in [-0.05, 0) is 168 Å². The van der Waals surface area contributed by atoms with Crippen molar-refractivity contribution in [1.29, 1.82) is 0 Å². The van der Waals surface area contributed by atoms with E-state index in [4.69, 9.17) is 0 Å². The molecule has 4 heteroatoms. The number of fused-ring (bicyclic) bond motifs is 4. The van der Waals surface area contributed by atoms with Gasteiger partial charge in [-0.1, -0.05) is 198 Å². The van der Waals surface area contributed by atoms with Gasteiger partial charge in [-0.15, -0.1) is 10.0 Å². The van der Waals surface area contributed by atoms with Crippen LogP contribution in [0.5, 0.6) is 0 Å². The number of nitrogens with zero attached hydrogens (tertiary/aromatic N) is 2. The molecule has 11 rings (SSSR count). The van der Waals surface area contributed by atoms with Crippen LogP contribution in [-0.2, 0) is 21.7 Å². The lowest BCUT2D eigenvalue weighted by Crippen LogP contribution is -2.61. The van der Waals surface area contributed by atoms with Gasteiger partial charge in [-0.3, -0.25) is 0 Å². The molecule has 0 unspecified atom stereocenters. The minimum absolute atomic E-state index is 0.0170. The molecule has 0 atom stereocenters. The van der Waals surface area contributed by atoms with Gasteiger partial charge in [0.15, 0.2) is 0 Å².